The van der Waals surface area contributed by atoms with E-state index in [0.717, 1.165) is 19.3 Å². The number of sulfonamides is 1. The molecule has 1 aromatic carbocycles. The van der Waals surface area contributed by atoms with Crippen LogP contribution in [0.2, 0.25) is 0 Å². The third kappa shape index (κ3) is 4.90. The first-order chi connectivity index (χ1) is 12.5. The van der Waals surface area contributed by atoms with Crippen LogP contribution >= 0.6 is 12.4 Å². The molecule has 7 nitrogen and oxygen atoms in total. The minimum absolute atomic E-state index is 0. The van der Waals surface area contributed by atoms with Gasteiger partial charge >= 0.3 is 0 Å². The fraction of sp³-hybridized carbons (Fsp3) is 0.389. The summed E-state index contributed by atoms with van der Waals surface area (Å²) in [6.07, 6.45) is 4.15. The quantitative estimate of drug-likeness (QED) is 0.755. The molecule has 0 unspecified atom stereocenters. The fourth-order valence-electron chi connectivity index (χ4n) is 3.03. The summed E-state index contributed by atoms with van der Waals surface area (Å²) in [5, 5.41) is 2.75. The number of carbonyl (C=O) groups excluding carboxylic acids is 1. The van der Waals surface area contributed by atoms with E-state index in [1.807, 2.05) is 0 Å². The lowest BCUT2D eigenvalue weighted by Gasteiger charge is -2.26. The molecule has 2 aromatic rings. The topological polar surface area (TPSA) is 106 Å². The second-order valence-corrected chi connectivity index (χ2v) is 8.17. The van der Waals surface area contributed by atoms with Gasteiger partial charge in [0.2, 0.25) is 10.0 Å². The maximum atomic E-state index is 12.9. The normalized spacial score (nSPS) is 15.1. The summed E-state index contributed by atoms with van der Waals surface area (Å²) in [5.74, 6) is 0.182. The third-order valence-corrected chi connectivity index (χ3v) is 6.46. The number of halogens is 1. The molecule has 1 aliphatic heterocycles. The molecule has 1 saturated heterocycles. The van der Waals surface area contributed by atoms with Crippen molar-refractivity contribution in [3.63, 3.8) is 0 Å². The van der Waals surface area contributed by atoms with Crippen LogP contribution in [-0.2, 0) is 23.1 Å². The molecule has 0 spiro atoms. The van der Waals surface area contributed by atoms with Crippen LogP contribution in [0.4, 0.5) is 0 Å². The van der Waals surface area contributed by atoms with E-state index >= 15 is 0 Å². The Bertz CT molecular complexity index is 876. The Morgan fingerprint density at radius 1 is 1.19 bits per heavy atom. The predicted molar refractivity (Wildman–Crippen MR) is 104 cm³/mol. The summed E-state index contributed by atoms with van der Waals surface area (Å²) in [6, 6.07) is 8.35. The highest BCUT2D eigenvalue weighted by atomic mass is 35.5. The van der Waals surface area contributed by atoms with Crippen LogP contribution in [0.15, 0.2) is 45.9 Å². The Labute approximate surface area is 165 Å². The molecular weight excluding hydrogens is 390 g/mol. The number of rotatable bonds is 6. The number of hydrogen-bond acceptors (Lipinski definition) is 5. The van der Waals surface area contributed by atoms with Crippen molar-refractivity contribution in [1.29, 1.82) is 0 Å². The highest BCUT2D eigenvalue weighted by Gasteiger charge is 2.27. The second kappa shape index (κ2) is 9.36. The van der Waals surface area contributed by atoms with Crippen LogP contribution in [0.5, 0.6) is 0 Å². The molecule has 0 bridgehead atoms. The zero-order valence-electron chi connectivity index (χ0n) is 14.9. The maximum absolute atomic E-state index is 12.9. The molecule has 1 aliphatic rings. The van der Waals surface area contributed by atoms with E-state index in [0.29, 0.717) is 30.0 Å². The first kappa shape index (κ1) is 21.4. The number of piperidine rings is 1. The monoisotopic (exact) mass is 413 g/mol. The number of nitrogens with one attached hydrogen (secondary N) is 1. The third-order valence-electron chi connectivity index (χ3n) is 4.46. The van der Waals surface area contributed by atoms with Gasteiger partial charge in [0, 0.05) is 19.6 Å². The van der Waals surface area contributed by atoms with E-state index in [1.54, 1.807) is 30.3 Å². The summed E-state index contributed by atoms with van der Waals surface area (Å²) in [6.45, 7) is 1.41. The van der Waals surface area contributed by atoms with Crippen molar-refractivity contribution in [2.75, 3.05) is 13.1 Å². The van der Waals surface area contributed by atoms with Gasteiger partial charge in [-0.25, -0.2) is 8.42 Å². The number of benzene rings is 1. The lowest BCUT2D eigenvalue weighted by Crippen LogP contribution is -2.36. The molecule has 0 atom stereocenters. The fourth-order valence-corrected chi connectivity index (χ4v) is 4.77. The summed E-state index contributed by atoms with van der Waals surface area (Å²) in [4.78, 5) is 12.5. The van der Waals surface area contributed by atoms with Crippen molar-refractivity contribution < 1.29 is 17.6 Å². The van der Waals surface area contributed by atoms with Crippen LogP contribution in [0.25, 0.3) is 0 Å². The Hall–Kier alpha value is -1.87. The van der Waals surface area contributed by atoms with Gasteiger partial charge in [0.1, 0.15) is 12.0 Å². The van der Waals surface area contributed by atoms with Crippen LogP contribution in [0.3, 0.4) is 0 Å². The molecule has 2 heterocycles. The highest BCUT2D eigenvalue weighted by Crippen LogP contribution is 2.23. The van der Waals surface area contributed by atoms with Gasteiger partial charge in [-0.05, 0) is 30.5 Å². The smallest absolute Gasteiger partial charge is 0.254 e. The molecule has 148 valence electrons. The molecule has 1 amide bonds. The van der Waals surface area contributed by atoms with E-state index in [-0.39, 0.29) is 36.3 Å². The van der Waals surface area contributed by atoms with E-state index in [9.17, 15) is 13.2 Å². The van der Waals surface area contributed by atoms with Gasteiger partial charge in [-0.15, -0.1) is 12.4 Å². The van der Waals surface area contributed by atoms with Crippen molar-refractivity contribution >= 4 is 28.3 Å². The lowest BCUT2D eigenvalue weighted by atomic mass is 10.2. The number of furan rings is 1. The Morgan fingerprint density at radius 3 is 2.56 bits per heavy atom. The van der Waals surface area contributed by atoms with Crippen LogP contribution < -0.4 is 11.1 Å². The highest BCUT2D eigenvalue weighted by molar-refractivity contribution is 7.89. The Kier molecular flexibility index (Phi) is 7.43. The summed E-state index contributed by atoms with van der Waals surface area (Å²) >= 11 is 0. The summed E-state index contributed by atoms with van der Waals surface area (Å²) in [5.41, 5.74) is 6.40. The molecule has 27 heavy (non-hydrogen) atoms. The lowest BCUT2D eigenvalue weighted by molar-refractivity contribution is 0.0950. The minimum atomic E-state index is -3.56. The molecule has 0 saturated carbocycles. The van der Waals surface area contributed by atoms with E-state index in [4.69, 9.17) is 10.2 Å². The zero-order chi connectivity index (χ0) is 18.6. The summed E-state index contributed by atoms with van der Waals surface area (Å²) in [7, 11) is -3.56. The number of nitrogens with zero attached hydrogens (tertiary/aromatic N) is 1. The zero-order valence-corrected chi connectivity index (χ0v) is 16.5. The number of amides is 1. The van der Waals surface area contributed by atoms with E-state index in [1.165, 1.54) is 10.6 Å². The van der Waals surface area contributed by atoms with Crippen LogP contribution in [0.1, 0.15) is 40.9 Å². The molecule has 0 aliphatic carbocycles. The number of nitrogens with two attached hydrogens (primary N) is 1. The molecule has 1 aromatic heterocycles. The van der Waals surface area contributed by atoms with Crippen molar-refractivity contribution in [2.24, 2.45) is 5.73 Å². The summed E-state index contributed by atoms with van der Waals surface area (Å²) < 4.78 is 32.6. The average Bonchev–Trinajstić information content (AvgIpc) is 3.16. The van der Waals surface area contributed by atoms with E-state index < -0.39 is 10.0 Å². The first-order valence-electron chi connectivity index (χ1n) is 8.66. The molecule has 9 heteroatoms. The van der Waals surface area contributed by atoms with Gasteiger partial charge < -0.3 is 15.5 Å². The molecule has 0 radical (unpaired) electrons. The molecule has 3 N–H and O–H groups in total. The van der Waals surface area contributed by atoms with Crippen molar-refractivity contribution in [1.82, 2.24) is 9.62 Å². The maximum Gasteiger partial charge on any atom is 0.254 e. The van der Waals surface area contributed by atoms with Gasteiger partial charge in [0.25, 0.3) is 5.91 Å². The van der Waals surface area contributed by atoms with Gasteiger partial charge in [0.05, 0.1) is 17.0 Å². The number of carbonyl (C=O) groups is 1. The van der Waals surface area contributed by atoms with Crippen molar-refractivity contribution in [3.8, 4) is 0 Å². The Morgan fingerprint density at radius 2 is 1.89 bits per heavy atom. The largest absolute Gasteiger partial charge is 0.467 e. The molecular formula is C18H24ClN3O4S. The molecule has 3 rings (SSSR count). The van der Waals surface area contributed by atoms with Crippen molar-refractivity contribution in [3.05, 3.63) is 53.5 Å². The van der Waals surface area contributed by atoms with Crippen molar-refractivity contribution in [2.45, 2.75) is 37.2 Å². The standard InChI is InChI=1S/C18H23N3O4S.ClH/c19-11-16-10-15(13-25-16)18(22)20-12-14-6-2-3-7-17(14)26(23,24)21-8-4-1-5-9-21;/h2-3,6-7,10,13H,1,4-5,8-9,11-12,19H2,(H,20,22);1H. The Balaban J connectivity index is 0.00000261. The average molecular weight is 414 g/mol. The SMILES string of the molecule is Cl.NCc1cc(C(=O)NCc2ccccc2S(=O)(=O)N2CCCCC2)co1. The minimum Gasteiger partial charge on any atom is -0.467 e. The van der Waals surface area contributed by atoms with Crippen LogP contribution in [0, 0.1) is 0 Å². The van der Waals surface area contributed by atoms with E-state index in [2.05, 4.69) is 5.32 Å². The van der Waals surface area contributed by atoms with Gasteiger partial charge in [-0.2, -0.15) is 4.31 Å². The van der Waals surface area contributed by atoms with Gasteiger partial charge in [-0.1, -0.05) is 24.6 Å². The predicted octanol–water partition coefficient (Wildman–Crippen LogP) is 2.26. The first-order valence-corrected chi connectivity index (χ1v) is 10.1. The number of hydrogen-bond donors (Lipinski definition) is 2. The van der Waals surface area contributed by atoms with Gasteiger partial charge in [-0.3, -0.25) is 4.79 Å². The second-order valence-electron chi connectivity index (χ2n) is 6.26. The molecule has 1 fully saturated rings. The van der Waals surface area contributed by atoms with Gasteiger partial charge in [0.15, 0.2) is 0 Å². The van der Waals surface area contributed by atoms with Crippen LogP contribution in [-0.4, -0.2) is 31.7 Å².